The summed E-state index contributed by atoms with van der Waals surface area (Å²) in [6.45, 7) is 0.804. The van der Waals surface area contributed by atoms with Crippen LogP contribution in [0.15, 0.2) is 29.2 Å². The van der Waals surface area contributed by atoms with Crippen LogP contribution in [-0.4, -0.2) is 51.0 Å². The van der Waals surface area contributed by atoms with Crippen molar-refractivity contribution in [1.82, 2.24) is 14.9 Å². The fourth-order valence-electron chi connectivity index (χ4n) is 4.42. The third-order valence-electron chi connectivity index (χ3n) is 6.18. The molecule has 0 radical (unpaired) electrons. The number of sulfonamides is 1. The zero-order valence-corrected chi connectivity index (χ0v) is 18.8. The summed E-state index contributed by atoms with van der Waals surface area (Å²) in [5, 5.41) is 6.02. The molecule has 1 unspecified atom stereocenters. The molecule has 1 aromatic rings. The first-order valence-corrected chi connectivity index (χ1v) is 12.6. The van der Waals surface area contributed by atoms with Crippen LogP contribution >= 0.6 is 0 Å². The molecule has 30 heavy (non-hydrogen) atoms. The Morgan fingerprint density at radius 3 is 2.30 bits per heavy atom. The minimum Gasteiger partial charge on any atom is -0.497 e. The van der Waals surface area contributed by atoms with Gasteiger partial charge in [-0.2, -0.15) is 4.31 Å². The number of benzene rings is 1. The molecule has 0 spiro atoms. The average Bonchev–Trinajstić information content (AvgIpc) is 2.74. The molecule has 2 aliphatic rings. The molecule has 8 heteroatoms. The Kier molecular flexibility index (Phi) is 8.39. The highest BCUT2D eigenvalue weighted by molar-refractivity contribution is 7.89. The Labute approximate surface area is 180 Å². The van der Waals surface area contributed by atoms with E-state index in [2.05, 4.69) is 10.6 Å². The molecule has 0 aromatic heterocycles. The van der Waals surface area contributed by atoms with Crippen molar-refractivity contribution in [3.05, 3.63) is 24.3 Å². The number of hydrogen-bond donors (Lipinski definition) is 2. The lowest BCUT2D eigenvalue weighted by molar-refractivity contribution is 0.219. The Bertz CT molecular complexity index is 774. The molecule has 2 N–H and O–H groups in total. The van der Waals surface area contributed by atoms with Gasteiger partial charge in [0, 0.05) is 25.2 Å². The van der Waals surface area contributed by atoms with E-state index < -0.39 is 10.0 Å². The monoisotopic (exact) mass is 437 g/mol. The van der Waals surface area contributed by atoms with Crippen LogP contribution in [0.2, 0.25) is 0 Å². The number of urea groups is 1. The molecule has 7 nitrogen and oxygen atoms in total. The van der Waals surface area contributed by atoms with Gasteiger partial charge >= 0.3 is 6.03 Å². The summed E-state index contributed by atoms with van der Waals surface area (Å²) >= 11 is 0. The maximum absolute atomic E-state index is 13.2. The third-order valence-corrected chi connectivity index (χ3v) is 8.14. The van der Waals surface area contributed by atoms with Gasteiger partial charge in [0.15, 0.2) is 0 Å². The summed E-state index contributed by atoms with van der Waals surface area (Å²) in [4.78, 5) is 12.7. The van der Waals surface area contributed by atoms with Crippen LogP contribution in [-0.2, 0) is 10.0 Å². The van der Waals surface area contributed by atoms with Gasteiger partial charge in [0.05, 0.1) is 12.0 Å². The molecular weight excluding hydrogens is 402 g/mol. The molecule has 1 saturated heterocycles. The van der Waals surface area contributed by atoms with Gasteiger partial charge in [-0.15, -0.1) is 0 Å². The average molecular weight is 438 g/mol. The lowest BCUT2D eigenvalue weighted by Crippen LogP contribution is -2.51. The van der Waals surface area contributed by atoms with Crippen LogP contribution in [0.25, 0.3) is 0 Å². The molecular formula is C22H35N3O4S. The first-order valence-electron chi connectivity index (χ1n) is 11.2. The standard InChI is InChI=1S/C22H35N3O4S/c1-29-20-12-14-21(15-13-20)30(27,28)25-16-8-7-11-19(25)17-23-22(26)24-18-9-5-3-2-4-6-10-18/h12-15,18-19H,2-11,16-17H2,1H3,(H2,23,24,26). The summed E-state index contributed by atoms with van der Waals surface area (Å²) in [5.41, 5.74) is 0. The fourth-order valence-corrected chi connectivity index (χ4v) is 6.12. The minimum absolute atomic E-state index is 0.187. The fraction of sp³-hybridized carbons (Fsp3) is 0.682. The second-order valence-electron chi connectivity index (χ2n) is 8.34. The lowest BCUT2D eigenvalue weighted by atomic mass is 9.97. The van der Waals surface area contributed by atoms with Crippen molar-refractivity contribution in [2.24, 2.45) is 0 Å². The molecule has 3 rings (SSSR count). The van der Waals surface area contributed by atoms with Gasteiger partial charge in [0.2, 0.25) is 10.0 Å². The second kappa shape index (κ2) is 11.0. The predicted molar refractivity (Wildman–Crippen MR) is 117 cm³/mol. The van der Waals surface area contributed by atoms with Crippen molar-refractivity contribution in [1.29, 1.82) is 0 Å². The van der Waals surface area contributed by atoms with Crippen molar-refractivity contribution >= 4 is 16.1 Å². The zero-order valence-electron chi connectivity index (χ0n) is 17.9. The van der Waals surface area contributed by atoms with Gasteiger partial charge in [0.1, 0.15) is 5.75 Å². The smallest absolute Gasteiger partial charge is 0.315 e. The quantitative estimate of drug-likeness (QED) is 0.711. The molecule has 1 aliphatic carbocycles. The van der Waals surface area contributed by atoms with E-state index in [-0.39, 0.29) is 23.0 Å². The summed E-state index contributed by atoms with van der Waals surface area (Å²) < 4.78 is 33.1. The minimum atomic E-state index is -3.61. The normalized spacial score (nSPS) is 22.0. The van der Waals surface area contributed by atoms with Gasteiger partial charge in [-0.3, -0.25) is 0 Å². The van der Waals surface area contributed by atoms with Crippen molar-refractivity contribution in [2.75, 3.05) is 20.2 Å². The van der Waals surface area contributed by atoms with Crippen LogP contribution in [0.1, 0.15) is 64.2 Å². The number of ether oxygens (including phenoxy) is 1. The van der Waals surface area contributed by atoms with E-state index in [0.717, 1.165) is 44.9 Å². The van der Waals surface area contributed by atoms with Gasteiger partial charge in [-0.25, -0.2) is 13.2 Å². The lowest BCUT2D eigenvalue weighted by Gasteiger charge is -2.35. The highest BCUT2D eigenvalue weighted by atomic mass is 32.2. The molecule has 1 atom stereocenters. The predicted octanol–water partition coefficient (Wildman–Crippen LogP) is 3.65. The largest absolute Gasteiger partial charge is 0.497 e. The highest BCUT2D eigenvalue weighted by Gasteiger charge is 2.33. The van der Waals surface area contributed by atoms with Crippen molar-refractivity contribution in [2.45, 2.75) is 81.2 Å². The zero-order chi connectivity index (χ0) is 21.4. The summed E-state index contributed by atoms with van der Waals surface area (Å²) in [5.74, 6) is 0.622. The van der Waals surface area contributed by atoms with Crippen LogP contribution in [0.5, 0.6) is 5.75 Å². The third kappa shape index (κ3) is 6.11. The van der Waals surface area contributed by atoms with E-state index in [0.29, 0.717) is 18.8 Å². The van der Waals surface area contributed by atoms with Crippen LogP contribution in [0, 0.1) is 0 Å². The van der Waals surface area contributed by atoms with Crippen molar-refractivity contribution < 1.29 is 17.9 Å². The Morgan fingerprint density at radius 2 is 1.63 bits per heavy atom. The molecule has 1 heterocycles. The Balaban J connectivity index is 1.58. The molecule has 1 aliphatic heterocycles. The molecule has 2 amide bonds. The number of carbonyl (C=O) groups excluding carboxylic acids is 1. The number of hydrogen-bond acceptors (Lipinski definition) is 4. The van der Waals surface area contributed by atoms with E-state index >= 15 is 0 Å². The van der Waals surface area contributed by atoms with Crippen molar-refractivity contribution in [3.63, 3.8) is 0 Å². The summed E-state index contributed by atoms with van der Waals surface area (Å²) in [6.07, 6.45) is 10.7. The van der Waals surface area contributed by atoms with E-state index in [4.69, 9.17) is 4.74 Å². The van der Waals surface area contributed by atoms with Crippen LogP contribution in [0.4, 0.5) is 4.79 Å². The first kappa shape index (κ1) is 22.9. The topological polar surface area (TPSA) is 87.7 Å². The number of piperidine rings is 1. The Morgan fingerprint density at radius 1 is 1.00 bits per heavy atom. The number of rotatable bonds is 6. The molecule has 2 fully saturated rings. The maximum Gasteiger partial charge on any atom is 0.315 e. The van der Waals surface area contributed by atoms with Crippen molar-refractivity contribution in [3.8, 4) is 5.75 Å². The first-order chi connectivity index (χ1) is 14.5. The van der Waals surface area contributed by atoms with E-state index in [1.165, 1.54) is 19.3 Å². The number of nitrogens with zero attached hydrogens (tertiary/aromatic N) is 1. The molecule has 168 valence electrons. The number of methoxy groups -OCH3 is 1. The second-order valence-corrected chi connectivity index (χ2v) is 10.2. The maximum atomic E-state index is 13.2. The molecule has 1 aromatic carbocycles. The highest BCUT2D eigenvalue weighted by Crippen LogP contribution is 2.26. The Hall–Kier alpha value is -1.80. The summed E-state index contributed by atoms with van der Waals surface area (Å²) in [7, 11) is -2.06. The summed E-state index contributed by atoms with van der Waals surface area (Å²) in [6, 6.07) is 6.28. The molecule has 0 bridgehead atoms. The van der Waals surface area contributed by atoms with Crippen LogP contribution < -0.4 is 15.4 Å². The van der Waals surface area contributed by atoms with Gasteiger partial charge < -0.3 is 15.4 Å². The number of carbonyl (C=O) groups is 1. The number of amides is 2. The van der Waals surface area contributed by atoms with Crippen LogP contribution in [0.3, 0.4) is 0 Å². The number of nitrogens with one attached hydrogen (secondary N) is 2. The molecule has 1 saturated carbocycles. The van der Waals surface area contributed by atoms with E-state index in [1.807, 2.05) is 0 Å². The van der Waals surface area contributed by atoms with Gasteiger partial charge in [0.25, 0.3) is 0 Å². The van der Waals surface area contributed by atoms with E-state index in [9.17, 15) is 13.2 Å². The van der Waals surface area contributed by atoms with Gasteiger partial charge in [-0.05, 0) is 49.9 Å². The van der Waals surface area contributed by atoms with E-state index in [1.54, 1.807) is 35.7 Å². The SMILES string of the molecule is COc1ccc(S(=O)(=O)N2CCCCC2CNC(=O)NC2CCCCCCC2)cc1. The van der Waals surface area contributed by atoms with Gasteiger partial charge in [-0.1, -0.05) is 38.5 Å².